The summed E-state index contributed by atoms with van der Waals surface area (Å²) in [7, 11) is 0. The minimum Gasteiger partial charge on any atom is -0.271 e. The monoisotopic (exact) mass is 317 g/mol. The van der Waals surface area contributed by atoms with Crippen molar-refractivity contribution >= 4 is 28.5 Å². The molecule has 0 aromatic heterocycles. The van der Waals surface area contributed by atoms with Gasteiger partial charge in [-0.2, -0.15) is 0 Å². The highest BCUT2D eigenvalue weighted by atomic mass is 127. The standard InChI is InChI=1S/C11H12INO2/c1-8-4-2-5-9(10(8)12)11(14)13-6-3-7-15-13/h2,4-5H,3,6-7H2,1H3. The molecule has 4 heteroatoms. The maximum Gasteiger partial charge on any atom is 0.278 e. The molecule has 15 heavy (non-hydrogen) atoms. The van der Waals surface area contributed by atoms with E-state index in [1.165, 1.54) is 5.06 Å². The number of benzene rings is 1. The summed E-state index contributed by atoms with van der Waals surface area (Å²) in [4.78, 5) is 17.3. The summed E-state index contributed by atoms with van der Waals surface area (Å²) in [6, 6.07) is 5.75. The van der Waals surface area contributed by atoms with Crippen LogP contribution in [0.2, 0.25) is 0 Å². The van der Waals surface area contributed by atoms with Crippen LogP contribution in [0.25, 0.3) is 0 Å². The van der Waals surface area contributed by atoms with Crippen LogP contribution in [0.1, 0.15) is 22.3 Å². The van der Waals surface area contributed by atoms with Gasteiger partial charge in [0.1, 0.15) is 0 Å². The van der Waals surface area contributed by atoms with Crippen LogP contribution in [-0.2, 0) is 4.84 Å². The molecule has 0 saturated carbocycles. The summed E-state index contributed by atoms with van der Waals surface area (Å²) in [6.45, 7) is 3.35. The van der Waals surface area contributed by atoms with Crippen molar-refractivity contribution in [2.75, 3.05) is 13.2 Å². The zero-order chi connectivity index (χ0) is 10.8. The van der Waals surface area contributed by atoms with Crippen LogP contribution in [0.15, 0.2) is 18.2 Å². The van der Waals surface area contributed by atoms with Crippen LogP contribution in [-0.4, -0.2) is 24.1 Å². The molecule has 1 fully saturated rings. The summed E-state index contributed by atoms with van der Waals surface area (Å²) in [5.41, 5.74) is 1.86. The lowest BCUT2D eigenvalue weighted by Crippen LogP contribution is -2.27. The maximum atomic E-state index is 12.0. The van der Waals surface area contributed by atoms with Gasteiger partial charge in [-0.15, -0.1) is 0 Å². The molecule has 0 atom stereocenters. The molecule has 1 amide bonds. The van der Waals surface area contributed by atoms with Crippen LogP contribution in [0.4, 0.5) is 0 Å². The lowest BCUT2D eigenvalue weighted by molar-refractivity contribution is -0.0769. The topological polar surface area (TPSA) is 29.5 Å². The van der Waals surface area contributed by atoms with E-state index in [2.05, 4.69) is 22.6 Å². The maximum absolute atomic E-state index is 12.0. The number of carbonyl (C=O) groups excluding carboxylic acids is 1. The largest absolute Gasteiger partial charge is 0.278 e. The number of hydroxylamine groups is 2. The number of hydrogen-bond acceptors (Lipinski definition) is 2. The Morgan fingerprint density at radius 2 is 2.33 bits per heavy atom. The Kier molecular flexibility index (Phi) is 3.25. The zero-order valence-corrected chi connectivity index (χ0v) is 10.7. The third-order valence-corrected chi connectivity index (χ3v) is 3.83. The first-order chi connectivity index (χ1) is 7.20. The van der Waals surface area contributed by atoms with Gasteiger partial charge in [-0.05, 0) is 47.6 Å². The fraction of sp³-hybridized carbons (Fsp3) is 0.364. The highest BCUT2D eigenvalue weighted by Crippen LogP contribution is 2.19. The fourth-order valence-corrected chi connectivity index (χ4v) is 2.14. The van der Waals surface area contributed by atoms with Gasteiger partial charge in [-0.3, -0.25) is 9.63 Å². The second kappa shape index (κ2) is 4.49. The zero-order valence-electron chi connectivity index (χ0n) is 8.50. The van der Waals surface area contributed by atoms with Crippen LogP contribution >= 0.6 is 22.6 Å². The second-order valence-electron chi connectivity index (χ2n) is 3.53. The van der Waals surface area contributed by atoms with Gasteiger partial charge in [0.2, 0.25) is 0 Å². The van der Waals surface area contributed by atoms with Crippen molar-refractivity contribution in [3.63, 3.8) is 0 Å². The van der Waals surface area contributed by atoms with Crippen molar-refractivity contribution in [2.45, 2.75) is 13.3 Å². The van der Waals surface area contributed by atoms with Gasteiger partial charge in [0.25, 0.3) is 5.91 Å². The minimum atomic E-state index is -0.0272. The van der Waals surface area contributed by atoms with Crippen molar-refractivity contribution in [3.05, 3.63) is 32.9 Å². The normalized spacial score (nSPS) is 15.7. The van der Waals surface area contributed by atoms with E-state index in [1.54, 1.807) is 0 Å². The van der Waals surface area contributed by atoms with Crippen LogP contribution in [0.3, 0.4) is 0 Å². The number of nitrogens with zero attached hydrogens (tertiary/aromatic N) is 1. The third kappa shape index (κ3) is 2.15. The summed E-state index contributed by atoms with van der Waals surface area (Å²) < 4.78 is 1.01. The van der Waals surface area contributed by atoms with E-state index in [-0.39, 0.29) is 5.91 Å². The van der Waals surface area contributed by atoms with E-state index < -0.39 is 0 Å². The Labute approximate surface area is 103 Å². The molecular formula is C11H12INO2. The van der Waals surface area contributed by atoms with E-state index in [1.807, 2.05) is 25.1 Å². The number of hydrogen-bond donors (Lipinski definition) is 0. The van der Waals surface area contributed by atoms with Crippen molar-refractivity contribution in [2.24, 2.45) is 0 Å². The molecule has 0 unspecified atom stereocenters. The number of halogens is 1. The molecule has 0 radical (unpaired) electrons. The molecule has 0 spiro atoms. The predicted molar refractivity (Wildman–Crippen MR) is 65.5 cm³/mol. The highest BCUT2D eigenvalue weighted by Gasteiger charge is 2.22. The van der Waals surface area contributed by atoms with Crippen LogP contribution in [0.5, 0.6) is 0 Å². The highest BCUT2D eigenvalue weighted by molar-refractivity contribution is 14.1. The fourth-order valence-electron chi connectivity index (χ4n) is 1.55. The first-order valence-corrected chi connectivity index (χ1v) is 5.98. The van der Waals surface area contributed by atoms with Gasteiger partial charge in [0.15, 0.2) is 0 Å². The summed E-state index contributed by atoms with van der Waals surface area (Å²) in [5.74, 6) is -0.0272. The second-order valence-corrected chi connectivity index (χ2v) is 4.61. The van der Waals surface area contributed by atoms with Crippen molar-refractivity contribution in [1.82, 2.24) is 5.06 Å². The molecule has 3 nitrogen and oxygen atoms in total. The average molecular weight is 317 g/mol. The number of carbonyl (C=O) groups is 1. The molecule has 0 aliphatic carbocycles. The third-order valence-electron chi connectivity index (χ3n) is 2.40. The molecule has 1 aromatic carbocycles. The Bertz CT molecular complexity index is 386. The van der Waals surface area contributed by atoms with E-state index in [9.17, 15) is 4.79 Å². The Hall–Kier alpha value is -0.620. The quantitative estimate of drug-likeness (QED) is 0.744. The summed E-state index contributed by atoms with van der Waals surface area (Å²) in [5, 5.41) is 1.46. The van der Waals surface area contributed by atoms with Gasteiger partial charge in [0, 0.05) is 3.57 Å². The number of amides is 1. The Morgan fingerprint density at radius 3 is 3.00 bits per heavy atom. The summed E-state index contributed by atoms with van der Waals surface area (Å²) >= 11 is 2.20. The smallest absolute Gasteiger partial charge is 0.271 e. The van der Waals surface area contributed by atoms with Gasteiger partial charge < -0.3 is 0 Å². The number of aryl methyl sites for hydroxylation is 1. The van der Waals surface area contributed by atoms with E-state index >= 15 is 0 Å². The molecule has 1 aliphatic heterocycles. The molecule has 1 aromatic rings. The van der Waals surface area contributed by atoms with Crippen molar-refractivity contribution in [1.29, 1.82) is 0 Å². The molecule has 1 saturated heterocycles. The Morgan fingerprint density at radius 1 is 1.53 bits per heavy atom. The average Bonchev–Trinajstić information content (AvgIpc) is 2.74. The number of rotatable bonds is 1. The molecule has 80 valence electrons. The molecule has 0 N–H and O–H groups in total. The van der Waals surface area contributed by atoms with Crippen molar-refractivity contribution < 1.29 is 9.63 Å². The molecule has 2 rings (SSSR count). The van der Waals surface area contributed by atoms with Crippen LogP contribution in [0, 0.1) is 10.5 Å². The molecule has 1 aliphatic rings. The van der Waals surface area contributed by atoms with Gasteiger partial charge in [-0.25, -0.2) is 5.06 Å². The Balaban J connectivity index is 2.28. The van der Waals surface area contributed by atoms with E-state index in [0.717, 1.165) is 21.1 Å². The van der Waals surface area contributed by atoms with Crippen molar-refractivity contribution in [3.8, 4) is 0 Å². The van der Waals surface area contributed by atoms with E-state index in [4.69, 9.17) is 4.84 Å². The molecule has 1 heterocycles. The molecular weight excluding hydrogens is 305 g/mol. The lowest BCUT2D eigenvalue weighted by atomic mass is 10.1. The molecule has 0 bridgehead atoms. The SMILES string of the molecule is Cc1cccc(C(=O)N2CCCO2)c1I. The summed E-state index contributed by atoms with van der Waals surface area (Å²) in [6.07, 6.45) is 0.925. The first kappa shape index (κ1) is 10.9. The van der Waals surface area contributed by atoms with Crippen LogP contribution < -0.4 is 0 Å². The van der Waals surface area contributed by atoms with Gasteiger partial charge in [-0.1, -0.05) is 12.1 Å². The van der Waals surface area contributed by atoms with Gasteiger partial charge in [0.05, 0.1) is 18.7 Å². The van der Waals surface area contributed by atoms with Gasteiger partial charge >= 0.3 is 0 Å². The minimum absolute atomic E-state index is 0.0272. The lowest BCUT2D eigenvalue weighted by Gasteiger charge is -2.15. The predicted octanol–water partition coefficient (Wildman–Crippen LogP) is 2.38. The van der Waals surface area contributed by atoms with E-state index in [0.29, 0.717) is 13.2 Å². The first-order valence-electron chi connectivity index (χ1n) is 4.90.